The van der Waals surface area contributed by atoms with E-state index in [0.29, 0.717) is 11.3 Å². The second kappa shape index (κ2) is 7.40. The highest BCUT2D eigenvalue weighted by molar-refractivity contribution is 6.07. The Labute approximate surface area is 134 Å². The van der Waals surface area contributed by atoms with Gasteiger partial charge in [-0.05, 0) is 38.1 Å². The first-order valence-electron chi connectivity index (χ1n) is 7.22. The highest BCUT2D eigenvalue weighted by Gasteiger charge is 2.15. The van der Waals surface area contributed by atoms with E-state index in [0.717, 1.165) is 5.69 Å². The SMILES string of the molecule is COC(=O)c1ccccc1NC(=O)c1cc(NC(C)C)ccn1. The number of amides is 1. The van der Waals surface area contributed by atoms with Crippen molar-refractivity contribution in [2.45, 2.75) is 19.9 Å². The lowest BCUT2D eigenvalue weighted by Crippen LogP contribution is -2.17. The molecular weight excluding hydrogens is 294 g/mol. The number of rotatable bonds is 5. The van der Waals surface area contributed by atoms with Crippen molar-refractivity contribution in [3.8, 4) is 0 Å². The van der Waals surface area contributed by atoms with Gasteiger partial charge in [-0.25, -0.2) is 4.79 Å². The number of benzene rings is 1. The molecule has 0 bridgehead atoms. The van der Waals surface area contributed by atoms with E-state index in [9.17, 15) is 9.59 Å². The second-order valence-electron chi connectivity index (χ2n) is 5.22. The molecule has 6 heteroatoms. The molecule has 2 rings (SSSR count). The van der Waals surface area contributed by atoms with Gasteiger partial charge in [0.25, 0.3) is 5.91 Å². The van der Waals surface area contributed by atoms with Gasteiger partial charge in [0.15, 0.2) is 0 Å². The highest BCUT2D eigenvalue weighted by Crippen LogP contribution is 2.17. The van der Waals surface area contributed by atoms with Crippen LogP contribution in [-0.2, 0) is 4.74 Å². The van der Waals surface area contributed by atoms with Crippen LogP contribution in [0.3, 0.4) is 0 Å². The maximum Gasteiger partial charge on any atom is 0.339 e. The topological polar surface area (TPSA) is 80.3 Å². The number of nitrogens with one attached hydrogen (secondary N) is 2. The van der Waals surface area contributed by atoms with E-state index in [1.54, 1.807) is 42.6 Å². The molecule has 0 saturated carbocycles. The monoisotopic (exact) mass is 313 g/mol. The van der Waals surface area contributed by atoms with Crippen molar-refractivity contribution in [3.63, 3.8) is 0 Å². The van der Waals surface area contributed by atoms with Gasteiger partial charge in [-0.3, -0.25) is 9.78 Å². The summed E-state index contributed by atoms with van der Waals surface area (Å²) in [6.45, 7) is 4.01. The van der Waals surface area contributed by atoms with Gasteiger partial charge >= 0.3 is 5.97 Å². The molecular formula is C17H19N3O3. The smallest absolute Gasteiger partial charge is 0.339 e. The van der Waals surface area contributed by atoms with Gasteiger partial charge < -0.3 is 15.4 Å². The van der Waals surface area contributed by atoms with E-state index in [2.05, 4.69) is 15.6 Å². The number of nitrogens with zero attached hydrogens (tertiary/aromatic N) is 1. The molecule has 0 fully saturated rings. The number of aromatic nitrogens is 1. The summed E-state index contributed by atoms with van der Waals surface area (Å²) in [6, 6.07) is 10.4. The number of anilines is 2. The Morgan fingerprint density at radius 3 is 2.61 bits per heavy atom. The number of hydrogen-bond acceptors (Lipinski definition) is 5. The normalized spacial score (nSPS) is 10.3. The molecule has 0 spiro atoms. The quantitative estimate of drug-likeness (QED) is 0.830. The fourth-order valence-electron chi connectivity index (χ4n) is 2.04. The summed E-state index contributed by atoms with van der Waals surface area (Å²) in [5, 5.41) is 5.90. The third-order valence-corrected chi connectivity index (χ3v) is 3.03. The van der Waals surface area contributed by atoms with Gasteiger partial charge in [0.2, 0.25) is 0 Å². The van der Waals surface area contributed by atoms with Crippen molar-refractivity contribution in [1.82, 2.24) is 4.98 Å². The molecule has 1 aromatic heterocycles. The summed E-state index contributed by atoms with van der Waals surface area (Å²) in [5.74, 6) is -0.905. The van der Waals surface area contributed by atoms with E-state index in [4.69, 9.17) is 4.74 Å². The Morgan fingerprint density at radius 2 is 1.91 bits per heavy atom. The van der Waals surface area contributed by atoms with E-state index >= 15 is 0 Å². The lowest BCUT2D eigenvalue weighted by Gasteiger charge is -2.12. The average molecular weight is 313 g/mol. The molecule has 0 radical (unpaired) electrons. The third kappa shape index (κ3) is 4.29. The number of ether oxygens (including phenoxy) is 1. The standard InChI is InChI=1S/C17H19N3O3/c1-11(2)19-12-8-9-18-15(10-12)16(21)20-14-7-5-4-6-13(14)17(22)23-3/h4-11H,1-3H3,(H,18,19)(H,20,21). The first-order chi connectivity index (χ1) is 11.0. The number of methoxy groups -OCH3 is 1. The summed E-state index contributed by atoms with van der Waals surface area (Å²) in [4.78, 5) is 28.2. The number of pyridine rings is 1. The largest absolute Gasteiger partial charge is 0.465 e. The summed E-state index contributed by atoms with van der Waals surface area (Å²) >= 11 is 0. The summed E-state index contributed by atoms with van der Waals surface area (Å²) < 4.78 is 4.71. The van der Waals surface area contributed by atoms with Gasteiger partial charge in [-0.15, -0.1) is 0 Å². The molecule has 6 nitrogen and oxygen atoms in total. The van der Waals surface area contributed by atoms with E-state index in [-0.39, 0.29) is 11.7 Å². The lowest BCUT2D eigenvalue weighted by molar-refractivity contribution is 0.0602. The molecule has 0 aliphatic rings. The minimum absolute atomic E-state index is 0.244. The Morgan fingerprint density at radius 1 is 1.17 bits per heavy atom. The van der Waals surface area contributed by atoms with Gasteiger partial charge in [0, 0.05) is 17.9 Å². The fourth-order valence-corrected chi connectivity index (χ4v) is 2.04. The number of para-hydroxylation sites is 1. The number of esters is 1. The van der Waals surface area contributed by atoms with E-state index < -0.39 is 11.9 Å². The summed E-state index contributed by atoms with van der Waals surface area (Å²) in [7, 11) is 1.30. The molecule has 1 heterocycles. The van der Waals surface area contributed by atoms with Crippen molar-refractivity contribution in [2.75, 3.05) is 17.7 Å². The first-order valence-corrected chi connectivity index (χ1v) is 7.22. The predicted molar refractivity (Wildman–Crippen MR) is 88.7 cm³/mol. The lowest BCUT2D eigenvalue weighted by atomic mass is 10.1. The zero-order valence-corrected chi connectivity index (χ0v) is 13.3. The zero-order chi connectivity index (χ0) is 16.8. The minimum Gasteiger partial charge on any atom is -0.465 e. The second-order valence-corrected chi connectivity index (χ2v) is 5.22. The molecule has 0 saturated heterocycles. The molecule has 1 aromatic carbocycles. The van der Waals surface area contributed by atoms with Crippen LogP contribution in [0.2, 0.25) is 0 Å². The summed E-state index contributed by atoms with van der Waals surface area (Å²) in [5.41, 5.74) is 1.74. The molecule has 0 aliphatic carbocycles. The Bertz CT molecular complexity index is 714. The van der Waals surface area contributed by atoms with Crippen molar-refractivity contribution in [2.24, 2.45) is 0 Å². The molecule has 1 amide bonds. The van der Waals surface area contributed by atoms with Crippen LogP contribution in [0.5, 0.6) is 0 Å². The van der Waals surface area contributed by atoms with Crippen LogP contribution in [0.15, 0.2) is 42.6 Å². The third-order valence-electron chi connectivity index (χ3n) is 3.03. The molecule has 2 aromatic rings. The van der Waals surface area contributed by atoms with Gasteiger partial charge in [0.05, 0.1) is 18.4 Å². The van der Waals surface area contributed by atoms with Crippen molar-refractivity contribution >= 4 is 23.3 Å². The minimum atomic E-state index is -0.510. The zero-order valence-electron chi connectivity index (χ0n) is 13.3. The number of hydrogen-bond donors (Lipinski definition) is 2. The maximum absolute atomic E-state index is 12.4. The Hall–Kier alpha value is -2.89. The molecule has 0 aliphatic heterocycles. The van der Waals surface area contributed by atoms with Crippen LogP contribution in [0, 0.1) is 0 Å². The predicted octanol–water partition coefficient (Wildman–Crippen LogP) is 2.94. The van der Waals surface area contributed by atoms with Crippen LogP contribution < -0.4 is 10.6 Å². The van der Waals surface area contributed by atoms with Gasteiger partial charge in [0.1, 0.15) is 5.69 Å². The maximum atomic E-state index is 12.4. The van der Waals surface area contributed by atoms with Crippen LogP contribution in [-0.4, -0.2) is 30.0 Å². The first kappa shape index (κ1) is 16.5. The molecule has 120 valence electrons. The average Bonchev–Trinajstić information content (AvgIpc) is 2.54. The highest BCUT2D eigenvalue weighted by atomic mass is 16.5. The Balaban J connectivity index is 2.21. The van der Waals surface area contributed by atoms with Crippen LogP contribution >= 0.6 is 0 Å². The van der Waals surface area contributed by atoms with Gasteiger partial charge in [-0.2, -0.15) is 0 Å². The molecule has 2 N–H and O–H groups in total. The molecule has 23 heavy (non-hydrogen) atoms. The molecule has 0 unspecified atom stereocenters. The van der Waals surface area contributed by atoms with E-state index in [1.165, 1.54) is 7.11 Å². The van der Waals surface area contributed by atoms with E-state index in [1.807, 2.05) is 13.8 Å². The Kier molecular flexibility index (Phi) is 5.30. The van der Waals surface area contributed by atoms with Crippen LogP contribution in [0.25, 0.3) is 0 Å². The van der Waals surface area contributed by atoms with Crippen molar-refractivity contribution in [3.05, 3.63) is 53.9 Å². The summed E-state index contributed by atoms with van der Waals surface area (Å²) in [6.07, 6.45) is 1.56. The molecule has 0 atom stereocenters. The van der Waals surface area contributed by atoms with Crippen molar-refractivity contribution < 1.29 is 14.3 Å². The van der Waals surface area contributed by atoms with Gasteiger partial charge in [-0.1, -0.05) is 12.1 Å². The number of carbonyl (C=O) groups excluding carboxylic acids is 2. The van der Waals surface area contributed by atoms with Crippen LogP contribution in [0.1, 0.15) is 34.7 Å². The van der Waals surface area contributed by atoms with Crippen molar-refractivity contribution in [1.29, 1.82) is 0 Å². The fraction of sp³-hybridized carbons (Fsp3) is 0.235. The van der Waals surface area contributed by atoms with Crippen LogP contribution in [0.4, 0.5) is 11.4 Å². The number of carbonyl (C=O) groups is 2.